The summed E-state index contributed by atoms with van der Waals surface area (Å²) in [5.41, 5.74) is 5.83. The molecule has 0 bridgehead atoms. The van der Waals surface area contributed by atoms with Gasteiger partial charge in [-0.2, -0.15) is 0 Å². The number of hydrogen-bond acceptors (Lipinski definition) is 3. The molecule has 0 radical (unpaired) electrons. The van der Waals surface area contributed by atoms with Crippen molar-refractivity contribution in [2.75, 3.05) is 13.2 Å². The standard InChI is InChI=1S/C12H29NO2Si/c1-5-8-10-16(14-6-2,15-7-3)11-9-12(4)13/h12H,5-11,13H2,1-4H3. The molecule has 16 heavy (non-hydrogen) atoms. The molecule has 0 aromatic rings. The first-order valence-electron chi connectivity index (χ1n) is 6.63. The van der Waals surface area contributed by atoms with Crippen molar-refractivity contribution < 1.29 is 8.85 Å². The molecule has 98 valence electrons. The van der Waals surface area contributed by atoms with Gasteiger partial charge in [0.05, 0.1) is 0 Å². The van der Waals surface area contributed by atoms with Crippen molar-refractivity contribution in [1.82, 2.24) is 0 Å². The third-order valence-corrected chi connectivity index (χ3v) is 6.50. The molecule has 0 aromatic heterocycles. The van der Waals surface area contributed by atoms with E-state index in [1.54, 1.807) is 0 Å². The minimum Gasteiger partial charge on any atom is -0.394 e. The van der Waals surface area contributed by atoms with Crippen LogP contribution in [0.4, 0.5) is 0 Å². The van der Waals surface area contributed by atoms with Gasteiger partial charge in [0.1, 0.15) is 0 Å². The Labute approximate surface area is 102 Å². The Kier molecular flexibility index (Phi) is 9.22. The maximum Gasteiger partial charge on any atom is 0.338 e. The molecular weight excluding hydrogens is 218 g/mol. The van der Waals surface area contributed by atoms with Crippen molar-refractivity contribution in [3.05, 3.63) is 0 Å². The molecule has 1 unspecified atom stereocenters. The van der Waals surface area contributed by atoms with E-state index >= 15 is 0 Å². The van der Waals surface area contributed by atoms with Crippen LogP contribution in [0.3, 0.4) is 0 Å². The fourth-order valence-electron chi connectivity index (χ4n) is 1.88. The van der Waals surface area contributed by atoms with Gasteiger partial charge in [-0.25, -0.2) is 0 Å². The van der Waals surface area contributed by atoms with Gasteiger partial charge in [0.25, 0.3) is 0 Å². The Morgan fingerprint density at radius 1 is 1.06 bits per heavy atom. The van der Waals surface area contributed by atoms with Gasteiger partial charge in [-0.15, -0.1) is 0 Å². The van der Waals surface area contributed by atoms with Crippen molar-refractivity contribution in [2.24, 2.45) is 5.73 Å². The molecular formula is C12H29NO2Si. The molecule has 0 saturated carbocycles. The second-order valence-corrected chi connectivity index (χ2v) is 7.79. The van der Waals surface area contributed by atoms with Gasteiger partial charge < -0.3 is 14.6 Å². The lowest BCUT2D eigenvalue weighted by molar-refractivity contribution is 0.180. The van der Waals surface area contributed by atoms with E-state index in [1.807, 2.05) is 0 Å². The Morgan fingerprint density at radius 3 is 2.00 bits per heavy atom. The van der Waals surface area contributed by atoms with Gasteiger partial charge in [0, 0.05) is 19.3 Å². The van der Waals surface area contributed by atoms with E-state index in [9.17, 15) is 0 Å². The quantitative estimate of drug-likeness (QED) is 0.604. The SMILES string of the molecule is CCCC[Si](CCC(C)N)(OCC)OCC. The molecule has 0 aliphatic carbocycles. The maximum absolute atomic E-state index is 5.98. The summed E-state index contributed by atoms with van der Waals surface area (Å²) in [5.74, 6) is 0. The lowest BCUT2D eigenvalue weighted by Gasteiger charge is -2.30. The van der Waals surface area contributed by atoms with Crippen LogP contribution in [-0.2, 0) is 8.85 Å². The Bertz CT molecular complexity index is 159. The Hall–Kier alpha value is 0.0969. The summed E-state index contributed by atoms with van der Waals surface area (Å²) < 4.78 is 12.0. The summed E-state index contributed by atoms with van der Waals surface area (Å²) in [6.07, 6.45) is 3.41. The van der Waals surface area contributed by atoms with E-state index in [0.717, 1.165) is 31.7 Å². The smallest absolute Gasteiger partial charge is 0.338 e. The monoisotopic (exact) mass is 247 g/mol. The molecule has 4 heteroatoms. The minimum atomic E-state index is -1.96. The van der Waals surface area contributed by atoms with E-state index in [2.05, 4.69) is 27.7 Å². The number of nitrogens with two attached hydrogens (primary N) is 1. The molecule has 0 rings (SSSR count). The first-order chi connectivity index (χ1) is 7.60. The van der Waals surface area contributed by atoms with Gasteiger partial charge in [-0.1, -0.05) is 19.8 Å². The van der Waals surface area contributed by atoms with Crippen LogP contribution in [0.5, 0.6) is 0 Å². The van der Waals surface area contributed by atoms with Crippen molar-refractivity contribution in [3.8, 4) is 0 Å². The summed E-state index contributed by atoms with van der Waals surface area (Å²) >= 11 is 0. The molecule has 0 heterocycles. The van der Waals surface area contributed by atoms with Gasteiger partial charge in [0.15, 0.2) is 0 Å². The molecule has 0 spiro atoms. The maximum atomic E-state index is 5.98. The van der Waals surface area contributed by atoms with Crippen LogP contribution < -0.4 is 5.73 Å². The molecule has 3 nitrogen and oxygen atoms in total. The van der Waals surface area contributed by atoms with E-state index in [1.165, 1.54) is 12.8 Å². The van der Waals surface area contributed by atoms with E-state index in [0.29, 0.717) is 0 Å². The molecule has 0 saturated heterocycles. The Balaban J connectivity index is 4.36. The summed E-state index contributed by atoms with van der Waals surface area (Å²) in [4.78, 5) is 0. The zero-order chi connectivity index (χ0) is 12.4. The zero-order valence-electron chi connectivity index (χ0n) is 11.4. The second kappa shape index (κ2) is 9.16. The number of unbranched alkanes of at least 4 members (excludes halogenated alkanes) is 1. The van der Waals surface area contributed by atoms with Crippen LogP contribution in [0.15, 0.2) is 0 Å². The van der Waals surface area contributed by atoms with Crippen LogP contribution in [0.1, 0.15) is 47.0 Å². The van der Waals surface area contributed by atoms with Gasteiger partial charge in [-0.3, -0.25) is 0 Å². The fourth-order valence-corrected chi connectivity index (χ4v) is 5.63. The number of rotatable bonds is 10. The lowest BCUT2D eigenvalue weighted by atomic mass is 10.3. The number of hydrogen-bond donors (Lipinski definition) is 1. The predicted octanol–water partition coefficient (Wildman–Crippen LogP) is 3.04. The van der Waals surface area contributed by atoms with E-state index in [4.69, 9.17) is 14.6 Å². The predicted molar refractivity (Wildman–Crippen MR) is 71.8 cm³/mol. The topological polar surface area (TPSA) is 44.5 Å². The highest BCUT2D eigenvalue weighted by molar-refractivity contribution is 6.67. The van der Waals surface area contributed by atoms with Crippen molar-refractivity contribution >= 4 is 8.56 Å². The van der Waals surface area contributed by atoms with Crippen molar-refractivity contribution in [1.29, 1.82) is 0 Å². The highest BCUT2D eigenvalue weighted by Crippen LogP contribution is 2.24. The summed E-state index contributed by atoms with van der Waals surface area (Å²) in [6.45, 7) is 9.89. The molecule has 0 aromatic carbocycles. The first kappa shape index (κ1) is 16.1. The van der Waals surface area contributed by atoms with Crippen molar-refractivity contribution in [2.45, 2.75) is 65.1 Å². The van der Waals surface area contributed by atoms with Crippen LogP contribution in [0.2, 0.25) is 12.1 Å². The van der Waals surface area contributed by atoms with Gasteiger partial charge >= 0.3 is 8.56 Å². The van der Waals surface area contributed by atoms with Crippen LogP contribution in [0, 0.1) is 0 Å². The van der Waals surface area contributed by atoms with Crippen LogP contribution in [0.25, 0.3) is 0 Å². The lowest BCUT2D eigenvalue weighted by Crippen LogP contribution is -2.43. The molecule has 0 amide bonds. The highest BCUT2D eigenvalue weighted by atomic mass is 28.4. The average Bonchev–Trinajstić information content (AvgIpc) is 2.24. The first-order valence-corrected chi connectivity index (χ1v) is 8.86. The van der Waals surface area contributed by atoms with Gasteiger partial charge in [0.2, 0.25) is 0 Å². The van der Waals surface area contributed by atoms with Crippen LogP contribution in [-0.4, -0.2) is 27.8 Å². The Morgan fingerprint density at radius 2 is 1.62 bits per heavy atom. The molecule has 0 fully saturated rings. The third kappa shape index (κ3) is 6.63. The minimum absolute atomic E-state index is 0.245. The molecule has 0 aliphatic rings. The van der Waals surface area contributed by atoms with Crippen molar-refractivity contribution in [3.63, 3.8) is 0 Å². The largest absolute Gasteiger partial charge is 0.394 e. The fraction of sp³-hybridized carbons (Fsp3) is 1.00. The summed E-state index contributed by atoms with van der Waals surface area (Å²) in [6, 6.07) is 2.39. The zero-order valence-corrected chi connectivity index (χ0v) is 12.4. The summed E-state index contributed by atoms with van der Waals surface area (Å²) in [5, 5.41) is 0. The summed E-state index contributed by atoms with van der Waals surface area (Å²) in [7, 11) is -1.96. The van der Waals surface area contributed by atoms with E-state index < -0.39 is 8.56 Å². The third-order valence-electron chi connectivity index (χ3n) is 2.71. The molecule has 0 aliphatic heterocycles. The highest BCUT2D eigenvalue weighted by Gasteiger charge is 2.35. The van der Waals surface area contributed by atoms with Gasteiger partial charge in [-0.05, 0) is 39.3 Å². The molecule has 2 N–H and O–H groups in total. The van der Waals surface area contributed by atoms with Crippen LogP contribution >= 0.6 is 0 Å². The second-order valence-electron chi connectivity index (χ2n) is 4.40. The average molecular weight is 247 g/mol. The molecule has 1 atom stereocenters. The van der Waals surface area contributed by atoms with E-state index in [-0.39, 0.29) is 6.04 Å². The normalized spacial score (nSPS) is 14.1.